The maximum Gasteiger partial charge on any atom is 0.261 e. The zero-order valence-electron chi connectivity index (χ0n) is 19.8. The van der Waals surface area contributed by atoms with Gasteiger partial charge in [-0.25, -0.2) is 4.98 Å². The molecule has 9 heteroatoms. The number of hydrogen-bond acceptors (Lipinski definition) is 5. The Hall–Kier alpha value is -1.58. The molecule has 1 atom stereocenters. The summed E-state index contributed by atoms with van der Waals surface area (Å²) < 4.78 is 15.0. The third-order valence-corrected chi connectivity index (χ3v) is 8.78. The molecule has 0 amide bonds. The van der Waals surface area contributed by atoms with E-state index in [9.17, 15) is 9.00 Å². The highest BCUT2D eigenvalue weighted by Gasteiger charge is 2.20. The van der Waals surface area contributed by atoms with Crippen LogP contribution in [0.1, 0.15) is 31.9 Å². The van der Waals surface area contributed by atoms with Crippen molar-refractivity contribution in [2.24, 2.45) is 0 Å². The van der Waals surface area contributed by atoms with Gasteiger partial charge in [0.1, 0.15) is 0 Å². The van der Waals surface area contributed by atoms with Crippen LogP contribution in [0.15, 0.2) is 50.8 Å². The van der Waals surface area contributed by atoms with E-state index >= 15 is 0 Å². The second-order valence-corrected chi connectivity index (χ2v) is 11.9. The minimum absolute atomic E-state index is 0.129. The summed E-state index contributed by atoms with van der Waals surface area (Å²) in [5.74, 6) is 0.502. The van der Waals surface area contributed by atoms with Crippen LogP contribution >= 0.6 is 27.5 Å². The van der Waals surface area contributed by atoms with Crippen LogP contribution in [0.5, 0.6) is 0 Å². The van der Waals surface area contributed by atoms with Crippen LogP contribution in [0.2, 0.25) is 5.02 Å². The molecule has 1 aliphatic heterocycles. The summed E-state index contributed by atoms with van der Waals surface area (Å²) in [6.45, 7) is 11.6. The summed E-state index contributed by atoms with van der Waals surface area (Å²) in [4.78, 5) is 23.5. The van der Waals surface area contributed by atoms with E-state index in [1.165, 1.54) is 0 Å². The lowest BCUT2D eigenvalue weighted by atomic mass is 10.1. The molecule has 4 rings (SSSR count). The van der Waals surface area contributed by atoms with E-state index in [-0.39, 0.29) is 12.1 Å². The fraction of sp³-hybridized carbons (Fsp3) is 0.440. The summed E-state index contributed by atoms with van der Waals surface area (Å²) in [6.07, 6.45) is 1.57. The van der Waals surface area contributed by atoms with E-state index in [0.29, 0.717) is 32.6 Å². The fourth-order valence-corrected chi connectivity index (χ4v) is 5.98. The summed E-state index contributed by atoms with van der Waals surface area (Å²) in [6, 6.07) is 9.75. The number of piperazine rings is 1. The quantitative estimate of drug-likeness (QED) is 0.422. The van der Waals surface area contributed by atoms with Gasteiger partial charge < -0.3 is 0 Å². The van der Waals surface area contributed by atoms with Crippen LogP contribution in [-0.4, -0.2) is 61.5 Å². The molecule has 0 aliphatic carbocycles. The molecule has 0 N–H and O–H groups in total. The monoisotopic (exact) mass is 564 g/mol. The van der Waals surface area contributed by atoms with Gasteiger partial charge in [0.15, 0.2) is 0 Å². The molecule has 1 aliphatic rings. The summed E-state index contributed by atoms with van der Waals surface area (Å²) in [7, 11) is -1.14. The minimum Gasteiger partial charge on any atom is -0.298 e. The summed E-state index contributed by atoms with van der Waals surface area (Å²) in [5, 5.41) is 1.11. The second kappa shape index (κ2) is 11.0. The number of nitrogens with zero attached hydrogens (tertiary/aromatic N) is 4. The van der Waals surface area contributed by atoms with Crippen molar-refractivity contribution in [3.8, 4) is 0 Å². The molecule has 1 saturated heterocycles. The third-order valence-electron chi connectivity index (χ3n) is 6.39. The highest BCUT2D eigenvalue weighted by Crippen LogP contribution is 2.25. The van der Waals surface area contributed by atoms with Crippen molar-refractivity contribution in [1.29, 1.82) is 0 Å². The number of aromatic nitrogens is 2. The van der Waals surface area contributed by atoms with Crippen molar-refractivity contribution in [3.63, 3.8) is 0 Å². The number of hydrogen-bond donors (Lipinski definition) is 0. The molecule has 1 unspecified atom stereocenters. The van der Waals surface area contributed by atoms with Gasteiger partial charge in [0.05, 0.1) is 34.6 Å². The molecular weight excluding hydrogens is 536 g/mol. The topological polar surface area (TPSA) is 58.4 Å². The van der Waals surface area contributed by atoms with Crippen molar-refractivity contribution in [2.75, 3.05) is 31.9 Å². The van der Waals surface area contributed by atoms with Crippen LogP contribution in [0.25, 0.3) is 10.9 Å². The smallest absolute Gasteiger partial charge is 0.261 e. The lowest BCUT2D eigenvalue weighted by Gasteiger charge is -2.37. The minimum atomic E-state index is -1.14. The lowest BCUT2D eigenvalue weighted by Crippen LogP contribution is -2.48. The fourth-order valence-electron chi connectivity index (χ4n) is 4.37. The highest BCUT2D eigenvalue weighted by atomic mass is 79.9. The van der Waals surface area contributed by atoms with Gasteiger partial charge in [0.2, 0.25) is 0 Å². The van der Waals surface area contributed by atoms with Gasteiger partial charge in [-0.3, -0.25) is 23.4 Å². The van der Waals surface area contributed by atoms with Gasteiger partial charge in [0.25, 0.3) is 5.56 Å². The van der Waals surface area contributed by atoms with E-state index < -0.39 is 10.8 Å². The Balaban J connectivity index is 1.59. The zero-order chi connectivity index (χ0) is 24.4. The van der Waals surface area contributed by atoms with E-state index in [0.717, 1.165) is 48.3 Å². The molecule has 0 radical (unpaired) electrons. The van der Waals surface area contributed by atoms with Crippen molar-refractivity contribution in [3.05, 3.63) is 67.6 Å². The Morgan fingerprint density at radius 1 is 1.09 bits per heavy atom. The van der Waals surface area contributed by atoms with Crippen LogP contribution in [0, 0.1) is 0 Å². The number of benzene rings is 2. The van der Waals surface area contributed by atoms with Crippen molar-refractivity contribution < 1.29 is 4.21 Å². The molecule has 6 nitrogen and oxygen atoms in total. The van der Waals surface area contributed by atoms with Crippen LogP contribution in [-0.2, 0) is 23.9 Å². The Bertz CT molecular complexity index is 1270. The molecule has 1 aromatic heterocycles. The second-order valence-electron chi connectivity index (χ2n) is 8.93. The molecule has 1 fully saturated rings. The van der Waals surface area contributed by atoms with Crippen LogP contribution in [0.4, 0.5) is 0 Å². The van der Waals surface area contributed by atoms with Gasteiger partial charge in [-0.15, -0.1) is 0 Å². The van der Waals surface area contributed by atoms with E-state index in [1.54, 1.807) is 29.1 Å². The highest BCUT2D eigenvalue weighted by molar-refractivity contribution is 9.10. The van der Waals surface area contributed by atoms with E-state index in [4.69, 9.17) is 11.6 Å². The van der Waals surface area contributed by atoms with Gasteiger partial charge in [-0.05, 0) is 55.3 Å². The summed E-state index contributed by atoms with van der Waals surface area (Å²) in [5.41, 5.74) is 2.46. The maximum absolute atomic E-state index is 13.3. The first-order valence-corrected chi connectivity index (χ1v) is 14.1. The Labute approximate surface area is 216 Å². The zero-order valence-corrected chi connectivity index (χ0v) is 22.9. The largest absolute Gasteiger partial charge is 0.298 e. The van der Waals surface area contributed by atoms with E-state index in [2.05, 4.69) is 44.6 Å². The van der Waals surface area contributed by atoms with Crippen molar-refractivity contribution in [1.82, 2.24) is 19.4 Å². The molecule has 34 heavy (non-hydrogen) atoms. The molecular formula is C25H30BrClN4O2S. The average molecular weight is 566 g/mol. The predicted octanol–water partition coefficient (Wildman–Crippen LogP) is 4.51. The van der Waals surface area contributed by atoms with Gasteiger partial charge in [-0.1, -0.05) is 34.5 Å². The first-order valence-electron chi connectivity index (χ1n) is 11.6. The number of fused-ring (bicyclic) bond motifs is 1. The Morgan fingerprint density at radius 2 is 1.82 bits per heavy atom. The molecule has 0 bridgehead atoms. The van der Waals surface area contributed by atoms with Gasteiger partial charge >= 0.3 is 0 Å². The number of halogens is 2. The van der Waals surface area contributed by atoms with Crippen LogP contribution < -0.4 is 5.56 Å². The average Bonchev–Trinajstić information content (AvgIpc) is 2.82. The van der Waals surface area contributed by atoms with Crippen molar-refractivity contribution in [2.45, 2.75) is 44.8 Å². The molecule has 3 aromatic rings. The Morgan fingerprint density at radius 3 is 2.50 bits per heavy atom. The molecule has 0 saturated carbocycles. The Kier molecular flexibility index (Phi) is 8.25. The van der Waals surface area contributed by atoms with Crippen LogP contribution in [0.3, 0.4) is 0 Å². The molecule has 2 heterocycles. The molecule has 182 valence electrons. The van der Waals surface area contributed by atoms with E-state index in [1.807, 2.05) is 19.1 Å². The lowest BCUT2D eigenvalue weighted by molar-refractivity contribution is 0.104. The first kappa shape index (κ1) is 25.5. The molecule has 0 spiro atoms. The van der Waals surface area contributed by atoms with Gasteiger partial charge in [0, 0.05) is 58.9 Å². The number of rotatable bonds is 7. The third kappa shape index (κ3) is 5.62. The first-order chi connectivity index (χ1) is 16.3. The normalized spacial score (nSPS) is 16.4. The van der Waals surface area contributed by atoms with Gasteiger partial charge in [-0.2, -0.15) is 0 Å². The van der Waals surface area contributed by atoms with Crippen molar-refractivity contribution >= 4 is 49.2 Å². The SMILES string of the molecule is CCS(=O)c1ccc(Cl)cc1Cn1cnc2cc(CN3CCN(C(C)C)CC3)c(Br)cc2c1=O. The molecule has 2 aromatic carbocycles. The maximum atomic E-state index is 13.3. The summed E-state index contributed by atoms with van der Waals surface area (Å²) >= 11 is 9.88. The predicted molar refractivity (Wildman–Crippen MR) is 143 cm³/mol. The standard InChI is InChI=1S/C25H30BrClN4O2S/c1-4-34(33)24-6-5-20(27)11-19(24)15-31-16-28-23-12-18(22(26)13-21(23)25(31)32)14-29-7-9-30(10-8-29)17(2)3/h5-6,11-13,16-17H,4,7-10,14-15H2,1-3H3.